The molecule has 19 heavy (non-hydrogen) atoms. The summed E-state index contributed by atoms with van der Waals surface area (Å²) in [6.45, 7) is 0.552. The van der Waals surface area contributed by atoms with E-state index in [-0.39, 0.29) is 17.9 Å². The maximum Gasteiger partial charge on any atom is 0.270 e. The van der Waals surface area contributed by atoms with Crippen LogP contribution in [0.5, 0.6) is 0 Å². The number of hydrogen-bond acceptors (Lipinski definition) is 4. The van der Waals surface area contributed by atoms with Crippen molar-refractivity contribution in [2.24, 2.45) is 0 Å². The van der Waals surface area contributed by atoms with E-state index in [2.05, 4.69) is 15.6 Å². The van der Waals surface area contributed by atoms with Gasteiger partial charge in [0.15, 0.2) is 0 Å². The minimum atomic E-state index is -0.204. The van der Waals surface area contributed by atoms with E-state index in [0.717, 1.165) is 5.69 Å². The minimum Gasteiger partial charge on any atom is -0.388 e. The fraction of sp³-hybridized carbons (Fsp3) is 0.462. The predicted octanol–water partition coefficient (Wildman–Crippen LogP) is 0.474. The average Bonchev–Trinajstić information content (AvgIpc) is 2.43. The van der Waals surface area contributed by atoms with Gasteiger partial charge in [-0.15, -0.1) is 0 Å². The molecule has 1 unspecified atom stereocenters. The van der Waals surface area contributed by atoms with Gasteiger partial charge < -0.3 is 15.5 Å². The van der Waals surface area contributed by atoms with Gasteiger partial charge in [0.1, 0.15) is 5.69 Å². The number of likely N-dealkylation sites (tertiary alicyclic amines) is 1. The molecule has 1 aliphatic rings. The van der Waals surface area contributed by atoms with Crippen molar-refractivity contribution < 1.29 is 9.59 Å². The maximum absolute atomic E-state index is 12.1. The Balaban J connectivity index is 1.99. The van der Waals surface area contributed by atoms with E-state index in [1.165, 1.54) is 0 Å². The Labute approximate surface area is 112 Å². The molecular weight excluding hydrogens is 244 g/mol. The molecule has 1 aromatic rings. The second-order valence-electron chi connectivity index (χ2n) is 4.66. The Hall–Kier alpha value is -2.11. The summed E-state index contributed by atoms with van der Waals surface area (Å²) in [4.78, 5) is 29.1. The molecule has 2 amide bonds. The van der Waals surface area contributed by atoms with E-state index in [4.69, 9.17) is 0 Å². The first-order valence-corrected chi connectivity index (χ1v) is 6.29. The summed E-state index contributed by atoms with van der Waals surface area (Å²) >= 11 is 0. The molecule has 0 saturated carbocycles. The Morgan fingerprint density at radius 1 is 1.53 bits per heavy atom. The van der Waals surface area contributed by atoms with Gasteiger partial charge in [0, 0.05) is 45.0 Å². The number of likely N-dealkylation sites (N-methyl/N-ethyl adjacent to an activating group) is 1. The molecule has 0 bridgehead atoms. The smallest absolute Gasteiger partial charge is 0.270 e. The number of piperidine rings is 1. The van der Waals surface area contributed by atoms with Crippen LogP contribution in [0, 0.1) is 0 Å². The fourth-order valence-corrected chi connectivity index (χ4v) is 2.10. The predicted molar refractivity (Wildman–Crippen MR) is 71.9 cm³/mol. The number of nitrogens with zero attached hydrogens (tertiary/aromatic N) is 2. The van der Waals surface area contributed by atoms with Gasteiger partial charge in [0.25, 0.3) is 5.91 Å². The van der Waals surface area contributed by atoms with Gasteiger partial charge in [-0.05, 0) is 18.6 Å². The summed E-state index contributed by atoms with van der Waals surface area (Å²) in [6, 6.07) is 3.49. The number of nitrogens with one attached hydrogen (secondary N) is 2. The quantitative estimate of drug-likeness (QED) is 0.830. The van der Waals surface area contributed by atoms with E-state index >= 15 is 0 Å². The number of amides is 2. The highest BCUT2D eigenvalue weighted by molar-refractivity contribution is 5.93. The highest BCUT2D eigenvalue weighted by atomic mass is 16.2. The molecule has 0 spiro atoms. The number of rotatable bonds is 3. The van der Waals surface area contributed by atoms with Crippen LogP contribution < -0.4 is 10.6 Å². The van der Waals surface area contributed by atoms with Crippen LogP contribution >= 0.6 is 0 Å². The van der Waals surface area contributed by atoms with Crippen LogP contribution in [0.3, 0.4) is 0 Å². The average molecular weight is 262 g/mol. The van der Waals surface area contributed by atoms with Crippen molar-refractivity contribution in [2.45, 2.75) is 18.9 Å². The molecular formula is C13H18N4O2. The van der Waals surface area contributed by atoms with E-state index < -0.39 is 0 Å². The van der Waals surface area contributed by atoms with E-state index in [1.807, 2.05) is 0 Å². The van der Waals surface area contributed by atoms with Crippen molar-refractivity contribution in [3.8, 4) is 0 Å². The zero-order chi connectivity index (χ0) is 13.8. The van der Waals surface area contributed by atoms with Crippen LogP contribution in [0.4, 0.5) is 5.69 Å². The van der Waals surface area contributed by atoms with Crippen molar-refractivity contribution in [3.63, 3.8) is 0 Å². The van der Waals surface area contributed by atoms with Gasteiger partial charge in [0.2, 0.25) is 5.91 Å². The van der Waals surface area contributed by atoms with Gasteiger partial charge in [-0.25, -0.2) is 0 Å². The third-order valence-electron chi connectivity index (χ3n) is 3.24. The van der Waals surface area contributed by atoms with E-state index in [9.17, 15) is 9.59 Å². The van der Waals surface area contributed by atoms with Crippen LogP contribution in [0.15, 0.2) is 18.3 Å². The molecule has 102 valence electrons. The third kappa shape index (κ3) is 3.21. The van der Waals surface area contributed by atoms with Crippen molar-refractivity contribution in [3.05, 3.63) is 24.0 Å². The molecule has 1 fully saturated rings. The van der Waals surface area contributed by atoms with Gasteiger partial charge in [-0.1, -0.05) is 0 Å². The Morgan fingerprint density at radius 2 is 2.32 bits per heavy atom. The number of carbonyl (C=O) groups is 2. The molecule has 1 aliphatic heterocycles. The summed E-state index contributed by atoms with van der Waals surface area (Å²) in [7, 11) is 3.54. The number of carbonyl (C=O) groups excluding carboxylic acids is 2. The Morgan fingerprint density at radius 3 is 3.00 bits per heavy atom. The van der Waals surface area contributed by atoms with Crippen LogP contribution in [0.25, 0.3) is 0 Å². The lowest BCUT2D eigenvalue weighted by molar-refractivity contribution is -0.132. The number of anilines is 1. The molecule has 2 rings (SSSR count). The monoisotopic (exact) mass is 262 g/mol. The summed E-state index contributed by atoms with van der Waals surface area (Å²) in [5, 5.41) is 5.88. The zero-order valence-corrected chi connectivity index (χ0v) is 11.1. The second kappa shape index (κ2) is 5.69. The molecule has 0 aliphatic carbocycles. The summed E-state index contributed by atoms with van der Waals surface area (Å²) in [6.07, 6.45) is 2.75. The Bertz CT molecular complexity index is 489. The molecule has 1 atom stereocenters. The lowest BCUT2D eigenvalue weighted by Crippen LogP contribution is -2.48. The first kappa shape index (κ1) is 13.3. The van der Waals surface area contributed by atoms with Crippen molar-refractivity contribution in [2.75, 3.05) is 26.0 Å². The van der Waals surface area contributed by atoms with Gasteiger partial charge in [0.05, 0.1) is 0 Å². The second-order valence-corrected chi connectivity index (χ2v) is 4.66. The topological polar surface area (TPSA) is 74.3 Å². The fourth-order valence-electron chi connectivity index (χ4n) is 2.10. The number of aromatic nitrogens is 1. The SMILES string of the molecule is CNc1ccnc(C(=O)NC2CCC(=O)N(C)C2)c1. The first-order chi connectivity index (χ1) is 9.10. The lowest BCUT2D eigenvalue weighted by atomic mass is 10.1. The largest absolute Gasteiger partial charge is 0.388 e. The number of pyridine rings is 1. The minimum absolute atomic E-state index is 0.00441. The van der Waals surface area contributed by atoms with Crippen LogP contribution in [-0.2, 0) is 4.79 Å². The lowest BCUT2D eigenvalue weighted by Gasteiger charge is -2.30. The van der Waals surface area contributed by atoms with Crippen LogP contribution in [0.2, 0.25) is 0 Å². The molecule has 1 aromatic heterocycles. The third-order valence-corrected chi connectivity index (χ3v) is 3.24. The maximum atomic E-state index is 12.1. The molecule has 1 saturated heterocycles. The molecule has 2 heterocycles. The Kier molecular flexibility index (Phi) is 3.99. The molecule has 6 nitrogen and oxygen atoms in total. The molecule has 2 N–H and O–H groups in total. The van der Waals surface area contributed by atoms with Gasteiger partial charge >= 0.3 is 0 Å². The summed E-state index contributed by atoms with van der Waals surface area (Å²) in [5.74, 6) is -0.0781. The highest BCUT2D eigenvalue weighted by Crippen LogP contribution is 2.11. The van der Waals surface area contributed by atoms with Crippen molar-refractivity contribution in [1.82, 2.24) is 15.2 Å². The van der Waals surface area contributed by atoms with Gasteiger partial charge in [-0.2, -0.15) is 0 Å². The number of hydrogen-bond donors (Lipinski definition) is 2. The normalized spacial score (nSPS) is 19.2. The molecule has 6 heteroatoms. The first-order valence-electron chi connectivity index (χ1n) is 6.29. The molecule has 0 radical (unpaired) electrons. The zero-order valence-electron chi connectivity index (χ0n) is 11.1. The van der Waals surface area contributed by atoms with Crippen LogP contribution in [-0.4, -0.2) is 48.4 Å². The van der Waals surface area contributed by atoms with E-state index in [0.29, 0.717) is 25.1 Å². The van der Waals surface area contributed by atoms with Crippen LogP contribution in [0.1, 0.15) is 23.3 Å². The molecule has 0 aromatic carbocycles. The van der Waals surface area contributed by atoms with Crippen molar-refractivity contribution in [1.29, 1.82) is 0 Å². The van der Waals surface area contributed by atoms with E-state index in [1.54, 1.807) is 37.3 Å². The van der Waals surface area contributed by atoms with Crippen molar-refractivity contribution >= 4 is 17.5 Å². The highest BCUT2D eigenvalue weighted by Gasteiger charge is 2.24. The summed E-state index contributed by atoms with van der Waals surface area (Å²) < 4.78 is 0. The van der Waals surface area contributed by atoms with Gasteiger partial charge in [-0.3, -0.25) is 14.6 Å². The standard InChI is InChI=1S/C13H18N4O2/c1-14-9-5-6-15-11(7-9)13(19)16-10-3-4-12(18)17(2)8-10/h5-7,10H,3-4,8H2,1-2H3,(H,14,15)(H,16,19). The summed E-state index contributed by atoms with van der Waals surface area (Å²) in [5.41, 5.74) is 1.22.